The van der Waals surface area contributed by atoms with Crippen molar-refractivity contribution < 1.29 is 14.3 Å². The molecule has 2 rings (SSSR count). The second kappa shape index (κ2) is 8.20. The van der Waals surface area contributed by atoms with E-state index in [0.717, 1.165) is 43.0 Å². The fourth-order valence-electron chi connectivity index (χ4n) is 3.03. The van der Waals surface area contributed by atoms with Gasteiger partial charge >= 0.3 is 0 Å². The number of ether oxygens (including phenoxy) is 2. The number of carbonyl (C=O) groups excluding carboxylic acids is 1. The van der Waals surface area contributed by atoms with Crippen molar-refractivity contribution in [3.05, 3.63) is 23.8 Å². The Morgan fingerprint density at radius 2 is 2.13 bits per heavy atom. The van der Waals surface area contributed by atoms with Crippen molar-refractivity contribution in [2.75, 3.05) is 33.9 Å². The van der Waals surface area contributed by atoms with E-state index in [-0.39, 0.29) is 11.9 Å². The second-order valence-electron chi connectivity index (χ2n) is 6.43. The minimum atomic E-state index is 0.0902. The average molecular weight is 320 g/mol. The summed E-state index contributed by atoms with van der Waals surface area (Å²) in [6.07, 6.45) is 2.11. The van der Waals surface area contributed by atoms with Crippen molar-refractivity contribution in [3.8, 4) is 11.5 Å². The molecule has 0 unspecified atom stereocenters. The number of hydrogen-bond acceptors (Lipinski definition) is 4. The Labute approximate surface area is 139 Å². The van der Waals surface area contributed by atoms with Crippen LogP contribution in [0.1, 0.15) is 38.3 Å². The molecule has 1 aromatic rings. The molecule has 0 bridgehead atoms. The lowest BCUT2D eigenvalue weighted by Gasteiger charge is -2.26. The number of nitrogens with one attached hydrogen (secondary N) is 1. The van der Waals surface area contributed by atoms with Crippen LogP contribution in [0.3, 0.4) is 0 Å². The standard InChI is InChI=1S/C18H28N2O3/c1-13(2)11-19-18(21)12-20-9-5-6-16(20)15-10-14(22-3)7-8-17(15)23-4/h7-8,10,13,16H,5-6,9,11-12H2,1-4H3,(H,19,21)/t16-/m1/s1. The number of likely N-dealkylation sites (tertiary alicyclic amines) is 1. The summed E-state index contributed by atoms with van der Waals surface area (Å²) in [5.41, 5.74) is 1.10. The van der Waals surface area contributed by atoms with Gasteiger partial charge in [0.15, 0.2) is 0 Å². The van der Waals surface area contributed by atoms with Crippen LogP contribution in [0.4, 0.5) is 0 Å². The van der Waals surface area contributed by atoms with Crippen molar-refractivity contribution in [3.63, 3.8) is 0 Å². The summed E-state index contributed by atoms with van der Waals surface area (Å²) >= 11 is 0. The number of nitrogens with zero attached hydrogens (tertiary/aromatic N) is 1. The molecule has 1 atom stereocenters. The molecule has 1 aliphatic heterocycles. The zero-order valence-corrected chi connectivity index (χ0v) is 14.6. The molecule has 1 aliphatic rings. The lowest BCUT2D eigenvalue weighted by Crippen LogP contribution is -2.38. The predicted molar refractivity (Wildman–Crippen MR) is 90.9 cm³/mol. The van der Waals surface area contributed by atoms with Gasteiger partial charge in [-0.05, 0) is 43.5 Å². The van der Waals surface area contributed by atoms with E-state index >= 15 is 0 Å². The molecule has 0 aliphatic carbocycles. The predicted octanol–water partition coefficient (Wildman–Crippen LogP) is 2.61. The number of carbonyl (C=O) groups is 1. The molecule has 1 fully saturated rings. The first-order valence-electron chi connectivity index (χ1n) is 8.27. The highest BCUT2D eigenvalue weighted by Gasteiger charge is 2.30. The van der Waals surface area contributed by atoms with Crippen LogP contribution in [0.5, 0.6) is 11.5 Å². The Bertz CT molecular complexity index is 531. The van der Waals surface area contributed by atoms with Gasteiger partial charge in [-0.25, -0.2) is 0 Å². The molecule has 23 heavy (non-hydrogen) atoms. The molecule has 0 aromatic heterocycles. The number of hydrogen-bond donors (Lipinski definition) is 1. The Hall–Kier alpha value is -1.75. The van der Waals surface area contributed by atoms with E-state index in [9.17, 15) is 4.79 Å². The van der Waals surface area contributed by atoms with Crippen molar-refractivity contribution in [1.29, 1.82) is 0 Å². The largest absolute Gasteiger partial charge is 0.497 e. The van der Waals surface area contributed by atoms with Gasteiger partial charge in [-0.15, -0.1) is 0 Å². The third-order valence-electron chi connectivity index (χ3n) is 4.21. The molecule has 5 heteroatoms. The van der Waals surface area contributed by atoms with Crippen molar-refractivity contribution in [2.24, 2.45) is 5.92 Å². The molecular formula is C18H28N2O3. The maximum absolute atomic E-state index is 12.1. The number of amides is 1. The Morgan fingerprint density at radius 3 is 2.78 bits per heavy atom. The number of methoxy groups -OCH3 is 2. The van der Waals surface area contributed by atoms with E-state index in [4.69, 9.17) is 9.47 Å². The Balaban J connectivity index is 2.10. The van der Waals surface area contributed by atoms with E-state index in [0.29, 0.717) is 12.5 Å². The molecule has 1 aromatic carbocycles. The van der Waals surface area contributed by atoms with Gasteiger partial charge in [-0.1, -0.05) is 13.8 Å². The summed E-state index contributed by atoms with van der Waals surface area (Å²) in [5.74, 6) is 2.22. The van der Waals surface area contributed by atoms with Crippen LogP contribution in [-0.4, -0.2) is 44.7 Å². The minimum Gasteiger partial charge on any atom is -0.497 e. The highest BCUT2D eigenvalue weighted by molar-refractivity contribution is 5.78. The molecule has 1 heterocycles. The van der Waals surface area contributed by atoms with Crippen LogP contribution in [-0.2, 0) is 4.79 Å². The monoisotopic (exact) mass is 320 g/mol. The lowest BCUT2D eigenvalue weighted by atomic mass is 10.0. The smallest absolute Gasteiger partial charge is 0.234 e. The van der Waals surface area contributed by atoms with E-state index < -0.39 is 0 Å². The van der Waals surface area contributed by atoms with Crippen LogP contribution in [0.2, 0.25) is 0 Å². The van der Waals surface area contributed by atoms with E-state index in [1.807, 2.05) is 18.2 Å². The first-order valence-corrected chi connectivity index (χ1v) is 8.27. The summed E-state index contributed by atoms with van der Waals surface area (Å²) in [7, 11) is 3.34. The zero-order chi connectivity index (χ0) is 16.8. The van der Waals surface area contributed by atoms with Gasteiger partial charge in [0.1, 0.15) is 11.5 Å². The summed E-state index contributed by atoms with van der Waals surface area (Å²) in [6.45, 7) is 6.28. The van der Waals surface area contributed by atoms with Gasteiger partial charge < -0.3 is 14.8 Å². The summed E-state index contributed by atoms with van der Waals surface area (Å²) < 4.78 is 10.8. The first-order chi connectivity index (χ1) is 11.0. The molecule has 1 saturated heterocycles. The van der Waals surface area contributed by atoms with E-state index in [1.54, 1.807) is 14.2 Å². The quantitative estimate of drug-likeness (QED) is 0.839. The second-order valence-corrected chi connectivity index (χ2v) is 6.43. The summed E-state index contributed by atoms with van der Waals surface area (Å²) in [6, 6.07) is 6.05. The normalized spacial score (nSPS) is 18.2. The zero-order valence-electron chi connectivity index (χ0n) is 14.6. The van der Waals surface area contributed by atoms with E-state index in [1.165, 1.54) is 0 Å². The SMILES string of the molecule is COc1ccc(OC)c([C@H]2CCCN2CC(=O)NCC(C)C)c1. The van der Waals surface area contributed by atoms with Crippen LogP contribution >= 0.6 is 0 Å². The lowest BCUT2D eigenvalue weighted by molar-refractivity contribution is -0.122. The van der Waals surface area contributed by atoms with Crippen LogP contribution in [0, 0.1) is 5.92 Å². The highest BCUT2D eigenvalue weighted by atomic mass is 16.5. The highest BCUT2D eigenvalue weighted by Crippen LogP contribution is 2.38. The average Bonchev–Trinajstić information content (AvgIpc) is 3.00. The third-order valence-corrected chi connectivity index (χ3v) is 4.21. The van der Waals surface area contributed by atoms with Gasteiger partial charge in [0.2, 0.25) is 5.91 Å². The van der Waals surface area contributed by atoms with Crippen molar-refractivity contribution in [2.45, 2.75) is 32.7 Å². The molecule has 0 saturated carbocycles. The van der Waals surface area contributed by atoms with Crippen molar-refractivity contribution >= 4 is 5.91 Å². The molecular weight excluding hydrogens is 292 g/mol. The van der Waals surface area contributed by atoms with Crippen LogP contribution < -0.4 is 14.8 Å². The Kier molecular flexibility index (Phi) is 6.28. The van der Waals surface area contributed by atoms with E-state index in [2.05, 4.69) is 24.1 Å². The molecule has 5 nitrogen and oxygen atoms in total. The topological polar surface area (TPSA) is 50.8 Å². The minimum absolute atomic E-state index is 0.0902. The van der Waals surface area contributed by atoms with Gasteiger partial charge in [-0.2, -0.15) is 0 Å². The maximum atomic E-state index is 12.1. The molecule has 1 amide bonds. The van der Waals surface area contributed by atoms with Crippen LogP contribution in [0.25, 0.3) is 0 Å². The molecule has 128 valence electrons. The van der Waals surface area contributed by atoms with Gasteiger partial charge in [0.05, 0.1) is 20.8 Å². The number of rotatable bonds is 7. The Morgan fingerprint density at radius 1 is 1.35 bits per heavy atom. The fraction of sp³-hybridized carbons (Fsp3) is 0.611. The maximum Gasteiger partial charge on any atom is 0.234 e. The molecule has 0 radical (unpaired) electrons. The fourth-order valence-corrected chi connectivity index (χ4v) is 3.03. The molecule has 1 N–H and O–H groups in total. The van der Waals surface area contributed by atoms with Gasteiger partial charge in [0, 0.05) is 18.2 Å². The van der Waals surface area contributed by atoms with Gasteiger partial charge in [0.25, 0.3) is 0 Å². The van der Waals surface area contributed by atoms with Crippen LogP contribution in [0.15, 0.2) is 18.2 Å². The summed E-state index contributed by atoms with van der Waals surface area (Å²) in [5, 5.41) is 3.00. The molecule has 0 spiro atoms. The van der Waals surface area contributed by atoms with Crippen molar-refractivity contribution in [1.82, 2.24) is 10.2 Å². The first kappa shape index (κ1) is 17.6. The number of benzene rings is 1. The summed E-state index contributed by atoms with van der Waals surface area (Å²) in [4.78, 5) is 14.4. The third kappa shape index (κ3) is 4.61. The van der Waals surface area contributed by atoms with Gasteiger partial charge in [-0.3, -0.25) is 9.69 Å².